The first-order valence-electron chi connectivity index (χ1n) is 6.13. The smallest absolute Gasteiger partial charge is 0.136 e. The van der Waals surface area contributed by atoms with E-state index in [0.29, 0.717) is 17.4 Å². The van der Waals surface area contributed by atoms with E-state index in [2.05, 4.69) is 17.9 Å². The highest BCUT2D eigenvalue weighted by Crippen LogP contribution is 2.20. The summed E-state index contributed by atoms with van der Waals surface area (Å²) in [5.74, 6) is 0.635. The Kier molecular flexibility index (Phi) is 4.19. The predicted octanol–water partition coefficient (Wildman–Crippen LogP) is 1.79. The number of morpholine rings is 1. The molecule has 0 aromatic heterocycles. The molecule has 18 heavy (non-hydrogen) atoms. The second kappa shape index (κ2) is 5.85. The maximum Gasteiger partial charge on any atom is 0.136 e. The van der Waals surface area contributed by atoms with Crippen LogP contribution in [0.5, 0.6) is 5.75 Å². The normalized spacial score (nSPS) is 20.4. The Morgan fingerprint density at radius 2 is 2.39 bits per heavy atom. The summed E-state index contributed by atoms with van der Waals surface area (Å²) in [6.07, 6.45) is 0. The van der Waals surface area contributed by atoms with Crippen molar-refractivity contribution in [3.63, 3.8) is 0 Å². The van der Waals surface area contributed by atoms with Gasteiger partial charge in [0.15, 0.2) is 0 Å². The molecule has 0 amide bonds. The molecule has 0 spiro atoms. The Hall–Kier alpha value is -1.57. The number of hydrogen-bond acceptors (Lipinski definition) is 4. The molecular weight excluding hydrogens is 228 g/mol. The van der Waals surface area contributed by atoms with Crippen LogP contribution < -0.4 is 4.74 Å². The van der Waals surface area contributed by atoms with Crippen LogP contribution in [0.2, 0.25) is 0 Å². The van der Waals surface area contributed by atoms with Gasteiger partial charge in [0, 0.05) is 19.1 Å². The van der Waals surface area contributed by atoms with Crippen molar-refractivity contribution in [1.82, 2.24) is 4.90 Å². The first-order chi connectivity index (χ1) is 8.74. The second-order valence-corrected chi connectivity index (χ2v) is 4.54. The Labute approximate surface area is 108 Å². The van der Waals surface area contributed by atoms with Crippen LogP contribution in [0.15, 0.2) is 18.2 Å². The highest BCUT2D eigenvalue weighted by Gasteiger charge is 2.19. The molecule has 0 bridgehead atoms. The molecule has 1 saturated heterocycles. The van der Waals surface area contributed by atoms with Gasteiger partial charge in [-0.2, -0.15) is 5.26 Å². The zero-order valence-corrected chi connectivity index (χ0v) is 10.8. The van der Waals surface area contributed by atoms with Crippen molar-refractivity contribution >= 4 is 0 Å². The van der Waals surface area contributed by atoms with Gasteiger partial charge in [0.2, 0.25) is 0 Å². The first kappa shape index (κ1) is 12.9. The van der Waals surface area contributed by atoms with Gasteiger partial charge in [0.25, 0.3) is 0 Å². The molecule has 1 fully saturated rings. The van der Waals surface area contributed by atoms with E-state index < -0.39 is 0 Å². The summed E-state index contributed by atoms with van der Waals surface area (Å²) in [5, 5.41) is 9.07. The standard InChI is InChI=1S/C14H18N2O2/c1-11-10-18-6-5-16(11)9-12-3-4-14(17-2)13(7-12)8-15/h3-4,7,11H,5-6,9-10H2,1-2H3. The molecule has 4 heteroatoms. The highest BCUT2D eigenvalue weighted by atomic mass is 16.5. The van der Waals surface area contributed by atoms with Gasteiger partial charge >= 0.3 is 0 Å². The topological polar surface area (TPSA) is 45.5 Å². The van der Waals surface area contributed by atoms with Gasteiger partial charge in [-0.15, -0.1) is 0 Å². The summed E-state index contributed by atoms with van der Waals surface area (Å²) in [6, 6.07) is 8.37. The van der Waals surface area contributed by atoms with Crippen molar-refractivity contribution in [2.75, 3.05) is 26.9 Å². The molecule has 4 nitrogen and oxygen atoms in total. The fourth-order valence-electron chi connectivity index (χ4n) is 2.17. The Balaban J connectivity index is 2.12. The zero-order valence-electron chi connectivity index (χ0n) is 10.8. The van der Waals surface area contributed by atoms with Crippen LogP contribution in [0, 0.1) is 11.3 Å². The Morgan fingerprint density at radius 1 is 1.56 bits per heavy atom. The molecule has 2 rings (SSSR count). The molecular formula is C14H18N2O2. The van der Waals surface area contributed by atoms with E-state index in [9.17, 15) is 0 Å². The van der Waals surface area contributed by atoms with Crippen molar-refractivity contribution in [3.8, 4) is 11.8 Å². The number of methoxy groups -OCH3 is 1. The summed E-state index contributed by atoms with van der Waals surface area (Å²) in [5.41, 5.74) is 1.73. The van der Waals surface area contributed by atoms with E-state index in [4.69, 9.17) is 14.7 Å². The Bertz CT molecular complexity index is 454. The number of rotatable bonds is 3. The molecule has 1 aliphatic rings. The van der Waals surface area contributed by atoms with Gasteiger partial charge in [-0.05, 0) is 24.6 Å². The van der Waals surface area contributed by atoms with E-state index in [1.807, 2.05) is 18.2 Å². The molecule has 1 atom stereocenters. The van der Waals surface area contributed by atoms with Crippen molar-refractivity contribution in [2.24, 2.45) is 0 Å². The lowest BCUT2D eigenvalue weighted by molar-refractivity contribution is -0.00437. The lowest BCUT2D eigenvalue weighted by atomic mass is 10.1. The fourth-order valence-corrected chi connectivity index (χ4v) is 2.17. The van der Waals surface area contributed by atoms with Crippen molar-refractivity contribution in [1.29, 1.82) is 5.26 Å². The molecule has 0 aliphatic carbocycles. The SMILES string of the molecule is COc1ccc(CN2CCOCC2C)cc1C#N. The summed E-state index contributed by atoms with van der Waals surface area (Å²) in [4.78, 5) is 2.37. The van der Waals surface area contributed by atoms with Crippen molar-refractivity contribution < 1.29 is 9.47 Å². The summed E-state index contributed by atoms with van der Waals surface area (Å²) < 4.78 is 10.6. The molecule has 1 aliphatic heterocycles. The highest BCUT2D eigenvalue weighted by molar-refractivity contribution is 5.45. The van der Waals surface area contributed by atoms with E-state index in [0.717, 1.165) is 31.9 Å². The quantitative estimate of drug-likeness (QED) is 0.815. The molecule has 1 unspecified atom stereocenters. The monoisotopic (exact) mass is 246 g/mol. The van der Waals surface area contributed by atoms with Gasteiger partial charge in [-0.3, -0.25) is 4.90 Å². The van der Waals surface area contributed by atoms with Gasteiger partial charge in [-0.1, -0.05) is 6.07 Å². The lowest BCUT2D eigenvalue weighted by Crippen LogP contribution is -2.42. The molecule has 0 N–H and O–H groups in total. The zero-order chi connectivity index (χ0) is 13.0. The van der Waals surface area contributed by atoms with E-state index in [1.165, 1.54) is 0 Å². The summed E-state index contributed by atoms with van der Waals surface area (Å²) in [7, 11) is 1.58. The number of benzene rings is 1. The minimum atomic E-state index is 0.423. The summed E-state index contributed by atoms with van der Waals surface area (Å²) >= 11 is 0. The minimum Gasteiger partial charge on any atom is -0.495 e. The van der Waals surface area contributed by atoms with Crippen LogP contribution in [0.3, 0.4) is 0 Å². The van der Waals surface area contributed by atoms with E-state index >= 15 is 0 Å². The molecule has 1 aromatic carbocycles. The first-order valence-corrected chi connectivity index (χ1v) is 6.13. The number of nitrogens with zero attached hydrogens (tertiary/aromatic N) is 2. The van der Waals surface area contributed by atoms with Gasteiger partial charge in [0.1, 0.15) is 11.8 Å². The number of nitriles is 1. The fraction of sp³-hybridized carbons (Fsp3) is 0.500. The molecule has 0 saturated carbocycles. The van der Waals surface area contributed by atoms with Gasteiger partial charge in [0.05, 0.1) is 25.9 Å². The number of ether oxygens (including phenoxy) is 2. The third-order valence-electron chi connectivity index (χ3n) is 3.28. The van der Waals surface area contributed by atoms with Crippen molar-refractivity contribution in [2.45, 2.75) is 19.5 Å². The van der Waals surface area contributed by atoms with Crippen LogP contribution in [-0.4, -0.2) is 37.8 Å². The van der Waals surface area contributed by atoms with Crippen LogP contribution >= 0.6 is 0 Å². The molecule has 96 valence electrons. The molecule has 1 heterocycles. The maximum atomic E-state index is 9.07. The average molecular weight is 246 g/mol. The largest absolute Gasteiger partial charge is 0.495 e. The second-order valence-electron chi connectivity index (χ2n) is 4.54. The van der Waals surface area contributed by atoms with E-state index in [-0.39, 0.29) is 0 Å². The van der Waals surface area contributed by atoms with Crippen LogP contribution in [0.4, 0.5) is 0 Å². The van der Waals surface area contributed by atoms with Crippen LogP contribution in [0.1, 0.15) is 18.1 Å². The Morgan fingerprint density at radius 3 is 3.06 bits per heavy atom. The predicted molar refractivity (Wildman–Crippen MR) is 68.4 cm³/mol. The maximum absolute atomic E-state index is 9.07. The van der Waals surface area contributed by atoms with Gasteiger partial charge in [-0.25, -0.2) is 0 Å². The third kappa shape index (κ3) is 2.81. The molecule has 0 radical (unpaired) electrons. The van der Waals surface area contributed by atoms with Crippen LogP contribution in [-0.2, 0) is 11.3 Å². The number of hydrogen-bond donors (Lipinski definition) is 0. The lowest BCUT2D eigenvalue weighted by Gasteiger charge is -2.33. The third-order valence-corrected chi connectivity index (χ3v) is 3.28. The van der Waals surface area contributed by atoms with Gasteiger partial charge < -0.3 is 9.47 Å². The minimum absolute atomic E-state index is 0.423. The molecule has 1 aromatic rings. The average Bonchev–Trinajstić information content (AvgIpc) is 2.41. The van der Waals surface area contributed by atoms with Crippen molar-refractivity contribution in [3.05, 3.63) is 29.3 Å². The van der Waals surface area contributed by atoms with Crippen LogP contribution in [0.25, 0.3) is 0 Å². The summed E-state index contributed by atoms with van der Waals surface area (Å²) in [6.45, 7) is 5.51. The van der Waals surface area contributed by atoms with E-state index in [1.54, 1.807) is 7.11 Å².